The standard InChI is InChI=1S/C18H20BrNO/c1-2-8-17(15-11-6-7-12-16(15)19)20-18(13-21)14-9-4-3-5-10-14/h2-7,9-12,17-18,20-21H,1,8,13H2. The highest BCUT2D eigenvalue weighted by molar-refractivity contribution is 9.10. The molecule has 2 aromatic carbocycles. The zero-order valence-corrected chi connectivity index (χ0v) is 13.5. The molecule has 0 radical (unpaired) electrons. The summed E-state index contributed by atoms with van der Waals surface area (Å²) < 4.78 is 1.06. The zero-order valence-electron chi connectivity index (χ0n) is 11.9. The molecular formula is C18H20BrNO. The molecule has 2 atom stereocenters. The number of hydrogen-bond donors (Lipinski definition) is 2. The van der Waals surface area contributed by atoms with Gasteiger partial charge in [-0.3, -0.25) is 0 Å². The molecule has 0 heterocycles. The lowest BCUT2D eigenvalue weighted by Gasteiger charge is -2.25. The monoisotopic (exact) mass is 345 g/mol. The van der Waals surface area contributed by atoms with E-state index in [0.717, 1.165) is 16.5 Å². The van der Waals surface area contributed by atoms with Crippen LogP contribution in [0.4, 0.5) is 0 Å². The van der Waals surface area contributed by atoms with Gasteiger partial charge in [0, 0.05) is 10.5 Å². The van der Waals surface area contributed by atoms with Gasteiger partial charge >= 0.3 is 0 Å². The summed E-state index contributed by atoms with van der Waals surface area (Å²) in [6.07, 6.45) is 2.70. The van der Waals surface area contributed by atoms with Crippen LogP contribution in [0.15, 0.2) is 71.7 Å². The molecule has 0 aliphatic heterocycles. The van der Waals surface area contributed by atoms with Crippen molar-refractivity contribution >= 4 is 15.9 Å². The van der Waals surface area contributed by atoms with Gasteiger partial charge in [0.25, 0.3) is 0 Å². The van der Waals surface area contributed by atoms with Crippen molar-refractivity contribution in [1.29, 1.82) is 0 Å². The summed E-state index contributed by atoms with van der Waals surface area (Å²) in [5.74, 6) is 0. The lowest BCUT2D eigenvalue weighted by atomic mass is 10.0. The molecule has 0 aromatic heterocycles. The van der Waals surface area contributed by atoms with Crippen LogP contribution < -0.4 is 5.32 Å². The second kappa shape index (κ2) is 8.13. The summed E-state index contributed by atoms with van der Waals surface area (Å²) >= 11 is 3.60. The first-order chi connectivity index (χ1) is 10.3. The molecule has 110 valence electrons. The summed E-state index contributed by atoms with van der Waals surface area (Å²) in [6, 6.07) is 18.2. The first kappa shape index (κ1) is 16.0. The van der Waals surface area contributed by atoms with Crippen LogP contribution in [-0.2, 0) is 0 Å². The van der Waals surface area contributed by atoms with Crippen LogP contribution in [0.5, 0.6) is 0 Å². The molecular weight excluding hydrogens is 326 g/mol. The van der Waals surface area contributed by atoms with E-state index in [0.29, 0.717) is 0 Å². The van der Waals surface area contributed by atoms with Crippen molar-refractivity contribution in [3.8, 4) is 0 Å². The van der Waals surface area contributed by atoms with Crippen LogP contribution in [0.3, 0.4) is 0 Å². The fourth-order valence-corrected chi connectivity index (χ4v) is 2.95. The van der Waals surface area contributed by atoms with E-state index in [1.165, 1.54) is 5.56 Å². The minimum atomic E-state index is -0.0942. The highest BCUT2D eigenvalue weighted by Crippen LogP contribution is 2.28. The van der Waals surface area contributed by atoms with Gasteiger partial charge in [-0.05, 0) is 23.6 Å². The molecule has 0 bridgehead atoms. The minimum absolute atomic E-state index is 0.0576. The van der Waals surface area contributed by atoms with Gasteiger partial charge in [-0.2, -0.15) is 0 Å². The van der Waals surface area contributed by atoms with Gasteiger partial charge in [0.15, 0.2) is 0 Å². The maximum atomic E-state index is 9.71. The van der Waals surface area contributed by atoms with E-state index in [-0.39, 0.29) is 18.7 Å². The number of nitrogens with one attached hydrogen (secondary N) is 1. The van der Waals surface area contributed by atoms with E-state index >= 15 is 0 Å². The molecule has 0 saturated carbocycles. The second-order valence-electron chi connectivity index (χ2n) is 4.91. The SMILES string of the molecule is C=CCC(NC(CO)c1ccccc1)c1ccccc1Br. The predicted octanol–water partition coefficient (Wildman–Crippen LogP) is 4.39. The van der Waals surface area contributed by atoms with Gasteiger partial charge in [0.2, 0.25) is 0 Å². The topological polar surface area (TPSA) is 32.3 Å². The molecule has 2 N–H and O–H groups in total. The molecule has 21 heavy (non-hydrogen) atoms. The average molecular weight is 346 g/mol. The highest BCUT2D eigenvalue weighted by Gasteiger charge is 2.18. The Morgan fingerprint density at radius 3 is 2.33 bits per heavy atom. The third kappa shape index (κ3) is 4.27. The maximum Gasteiger partial charge on any atom is 0.0626 e. The summed E-state index contributed by atoms with van der Waals surface area (Å²) in [4.78, 5) is 0. The summed E-state index contributed by atoms with van der Waals surface area (Å²) in [6.45, 7) is 3.90. The van der Waals surface area contributed by atoms with Crippen molar-refractivity contribution < 1.29 is 5.11 Å². The van der Waals surface area contributed by atoms with Crippen LogP contribution in [0.2, 0.25) is 0 Å². The van der Waals surface area contributed by atoms with Gasteiger partial charge in [-0.1, -0.05) is 70.5 Å². The molecule has 2 rings (SSSR count). The molecule has 2 nitrogen and oxygen atoms in total. The number of benzene rings is 2. The van der Waals surface area contributed by atoms with Crippen LogP contribution in [0, 0.1) is 0 Å². The fourth-order valence-electron chi connectivity index (χ4n) is 2.39. The van der Waals surface area contributed by atoms with E-state index in [1.54, 1.807) is 0 Å². The normalized spacial score (nSPS) is 13.6. The van der Waals surface area contributed by atoms with E-state index in [1.807, 2.05) is 54.6 Å². The van der Waals surface area contributed by atoms with Crippen molar-refractivity contribution in [2.24, 2.45) is 0 Å². The Hall–Kier alpha value is -1.42. The van der Waals surface area contributed by atoms with Gasteiger partial charge in [-0.15, -0.1) is 6.58 Å². The van der Waals surface area contributed by atoms with Gasteiger partial charge in [-0.25, -0.2) is 0 Å². The molecule has 0 saturated heterocycles. The highest BCUT2D eigenvalue weighted by atomic mass is 79.9. The first-order valence-electron chi connectivity index (χ1n) is 7.03. The van der Waals surface area contributed by atoms with E-state index < -0.39 is 0 Å². The fraction of sp³-hybridized carbons (Fsp3) is 0.222. The van der Waals surface area contributed by atoms with Crippen molar-refractivity contribution in [3.63, 3.8) is 0 Å². The Labute approximate surface area is 134 Å². The maximum absolute atomic E-state index is 9.71. The zero-order chi connectivity index (χ0) is 15.1. The molecule has 0 fully saturated rings. The van der Waals surface area contributed by atoms with E-state index in [9.17, 15) is 5.11 Å². The second-order valence-corrected chi connectivity index (χ2v) is 5.77. The lowest BCUT2D eigenvalue weighted by Crippen LogP contribution is -2.29. The Morgan fingerprint density at radius 1 is 1.05 bits per heavy atom. The molecule has 2 unspecified atom stereocenters. The largest absolute Gasteiger partial charge is 0.394 e. The Bertz CT molecular complexity index is 570. The quantitative estimate of drug-likeness (QED) is 0.729. The lowest BCUT2D eigenvalue weighted by molar-refractivity contribution is 0.233. The van der Waals surface area contributed by atoms with Crippen LogP contribution in [0.25, 0.3) is 0 Å². The summed E-state index contributed by atoms with van der Waals surface area (Å²) in [5.41, 5.74) is 2.26. The van der Waals surface area contributed by atoms with Crippen molar-refractivity contribution in [3.05, 3.63) is 82.9 Å². The third-order valence-electron chi connectivity index (χ3n) is 3.47. The number of halogens is 1. The van der Waals surface area contributed by atoms with Crippen LogP contribution >= 0.6 is 15.9 Å². The van der Waals surface area contributed by atoms with Crippen LogP contribution in [-0.4, -0.2) is 11.7 Å². The third-order valence-corrected chi connectivity index (χ3v) is 4.19. The molecule has 2 aromatic rings. The first-order valence-corrected chi connectivity index (χ1v) is 7.82. The van der Waals surface area contributed by atoms with Crippen molar-refractivity contribution in [1.82, 2.24) is 5.32 Å². The molecule has 0 aliphatic carbocycles. The van der Waals surface area contributed by atoms with Gasteiger partial charge in [0.05, 0.1) is 12.6 Å². The van der Waals surface area contributed by atoms with E-state index in [2.05, 4.69) is 33.9 Å². The van der Waals surface area contributed by atoms with Crippen molar-refractivity contribution in [2.45, 2.75) is 18.5 Å². The average Bonchev–Trinajstić information content (AvgIpc) is 2.53. The predicted molar refractivity (Wildman–Crippen MR) is 91.1 cm³/mol. The number of hydrogen-bond acceptors (Lipinski definition) is 2. The minimum Gasteiger partial charge on any atom is -0.394 e. The molecule has 0 aliphatic rings. The van der Waals surface area contributed by atoms with Gasteiger partial charge in [0.1, 0.15) is 0 Å². The Morgan fingerprint density at radius 2 is 1.71 bits per heavy atom. The molecule has 3 heteroatoms. The number of aliphatic hydroxyl groups excluding tert-OH is 1. The summed E-state index contributed by atoms with van der Waals surface area (Å²) in [5, 5.41) is 13.2. The Kier molecular flexibility index (Phi) is 6.18. The smallest absolute Gasteiger partial charge is 0.0626 e. The molecule has 0 spiro atoms. The van der Waals surface area contributed by atoms with Gasteiger partial charge < -0.3 is 10.4 Å². The molecule has 0 amide bonds. The van der Waals surface area contributed by atoms with Crippen LogP contribution in [0.1, 0.15) is 29.6 Å². The summed E-state index contributed by atoms with van der Waals surface area (Å²) in [7, 11) is 0. The van der Waals surface area contributed by atoms with E-state index in [4.69, 9.17) is 0 Å². The Balaban J connectivity index is 2.23. The number of aliphatic hydroxyl groups is 1. The van der Waals surface area contributed by atoms with Crippen molar-refractivity contribution in [2.75, 3.05) is 6.61 Å². The number of rotatable bonds is 7.